The van der Waals surface area contributed by atoms with Crippen LogP contribution in [0.2, 0.25) is 0 Å². The predicted molar refractivity (Wildman–Crippen MR) is 125 cm³/mol. The zero-order valence-corrected chi connectivity index (χ0v) is 19.4. The summed E-state index contributed by atoms with van der Waals surface area (Å²) in [7, 11) is 3.82. The molecule has 12 heteroatoms. The molecule has 5 aromatic rings. The maximum absolute atomic E-state index is 13.9. The number of nitrogens with zero attached hydrogens (tertiary/aromatic N) is 7. The van der Waals surface area contributed by atoms with Gasteiger partial charge in [0, 0.05) is 39.0 Å². The second-order valence-electron chi connectivity index (χ2n) is 8.91. The lowest BCUT2D eigenvalue weighted by atomic mass is 9.98. The molecular weight excluding hydrogens is 473 g/mol. The SMILES string of the molecule is CN(C)c1ccc2c(C(=O)N3CCc4[nH]cnc4C3c3cc4c(C(F)(F)F)cccn4n3)cnn2c1. The number of alkyl halides is 3. The van der Waals surface area contributed by atoms with Crippen molar-refractivity contribution in [2.45, 2.75) is 18.6 Å². The first-order valence-electron chi connectivity index (χ1n) is 11.3. The van der Waals surface area contributed by atoms with E-state index >= 15 is 0 Å². The molecule has 0 saturated carbocycles. The average Bonchev–Trinajstić information content (AvgIpc) is 3.59. The van der Waals surface area contributed by atoms with E-state index in [2.05, 4.69) is 20.2 Å². The first-order chi connectivity index (χ1) is 17.2. The predicted octanol–water partition coefficient (Wildman–Crippen LogP) is 3.58. The fourth-order valence-electron chi connectivity index (χ4n) is 4.76. The molecular formula is C24H21F3N8O. The summed E-state index contributed by atoms with van der Waals surface area (Å²) >= 11 is 0. The molecule has 1 aliphatic heterocycles. The summed E-state index contributed by atoms with van der Waals surface area (Å²) in [6.07, 6.45) is 2.32. The van der Waals surface area contributed by atoms with Crippen LogP contribution in [0.15, 0.2) is 55.2 Å². The number of anilines is 1. The number of amides is 1. The average molecular weight is 494 g/mol. The fraction of sp³-hybridized carbons (Fsp3) is 0.250. The Labute approximate surface area is 202 Å². The van der Waals surface area contributed by atoms with Gasteiger partial charge in [-0.15, -0.1) is 0 Å². The third-order valence-electron chi connectivity index (χ3n) is 6.54. The molecule has 0 fully saturated rings. The van der Waals surface area contributed by atoms with Crippen molar-refractivity contribution < 1.29 is 18.0 Å². The third-order valence-corrected chi connectivity index (χ3v) is 6.54. The summed E-state index contributed by atoms with van der Waals surface area (Å²) < 4.78 is 43.8. The number of rotatable bonds is 3. The van der Waals surface area contributed by atoms with Crippen molar-refractivity contribution in [1.82, 2.24) is 34.1 Å². The number of aromatic amines is 1. The minimum atomic E-state index is -4.54. The summed E-state index contributed by atoms with van der Waals surface area (Å²) in [6.45, 7) is 0.339. The van der Waals surface area contributed by atoms with Crippen LogP contribution < -0.4 is 4.90 Å². The highest BCUT2D eigenvalue weighted by Gasteiger charge is 2.39. The van der Waals surface area contributed by atoms with Gasteiger partial charge in [-0.1, -0.05) is 0 Å². The van der Waals surface area contributed by atoms with Gasteiger partial charge in [0.15, 0.2) is 0 Å². The molecule has 9 nitrogen and oxygen atoms in total. The lowest BCUT2D eigenvalue weighted by molar-refractivity contribution is -0.136. The van der Waals surface area contributed by atoms with Gasteiger partial charge in [-0.25, -0.2) is 14.0 Å². The summed E-state index contributed by atoms with van der Waals surface area (Å²) in [6, 6.07) is 6.67. The lowest BCUT2D eigenvalue weighted by Gasteiger charge is -2.33. The van der Waals surface area contributed by atoms with Crippen molar-refractivity contribution in [1.29, 1.82) is 0 Å². The van der Waals surface area contributed by atoms with Crippen LogP contribution >= 0.6 is 0 Å². The molecule has 0 radical (unpaired) electrons. The fourth-order valence-corrected chi connectivity index (χ4v) is 4.76. The van der Waals surface area contributed by atoms with Gasteiger partial charge < -0.3 is 14.8 Å². The molecule has 0 aromatic carbocycles. The summed E-state index contributed by atoms with van der Waals surface area (Å²) in [5, 5.41) is 8.80. The monoisotopic (exact) mass is 494 g/mol. The van der Waals surface area contributed by atoms with E-state index < -0.39 is 17.8 Å². The minimum absolute atomic E-state index is 0.0812. The highest BCUT2D eigenvalue weighted by molar-refractivity contribution is 6.01. The highest BCUT2D eigenvalue weighted by atomic mass is 19.4. The molecule has 1 N–H and O–H groups in total. The zero-order valence-electron chi connectivity index (χ0n) is 19.4. The second-order valence-corrected chi connectivity index (χ2v) is 8.91. The van der Waals surface area contributed by atoms with Crippen LogP contribution in [0.1, 0.15) is 39.0 Å². The van der Waals surface area contributed by atoms with Gasteiger partial charge >= 0.3 is 6.18 Å². The number of carbonyl (C=O) groups excluding carboxylic acids is 1. The lowest BCUT2D eigenvalue weighted by Crippen LogP contribution is -2.41. The largest absolute Gasteiger partial charge is 0.418 e. The van der Waals surface area contributed by atoms with Crippen molar-refractivity contribution in [3.8, 4) is 0 Å². The van der Waals surface area contributed by atoms with Crippen molar-refractivity contribution in [3.63, 3.8) is 0 Å². The molecule has 5 aromatic heterocycles. The van der Waals surface area contributed by atoms with E-state index in [0.29, 0.717) is 35.4 Å². The number of aromatic nitrogens is 6. The third kappa shape index (κ3) is 3.40. The van der Waals surface area contributed by atoms with E-state index in [0.717, 1.165) is 17.4 Å². The van der Waals surface area contributed by atoms with Gasteiger partial charge in [0.2, 0.25) is 0 Å². The quantitative estimate of drug-likeness (QED) is 0.414. The van der Waals surface area contributed by atoms with Gasteiger partial charge in [0.25, 0.3) is 5.91 Å². The van der Waals surface area contributed by atoms with Crippen LogP contribution in [-0.4, -0.2) is 60.6 Å². The normalized spacial score (nSPS) is 16.0. The Bertz CT molecular complexity index is 1610. The molecule has 0 bridgehead atoms. The number of carbonyl (C=O) groups is 1. The zero-order chi connectivity index (χ0) is 25.2. The molecule has 1 amide bonds. The van der Waals surface area contributed by atoms with E-state index in [1.165, 1.54) is 35.4 Å². The molecule has 36 heavy (non-hydrogen) atoms. The van der Waals surface area contributed by atoms with Crippen molar-refractivity contribution in [2.24, 2.45) is 0 Å². The number of nitrogens with one attached hydrogen (secondary N) is 1. The van der Waals surface area contributed by atoms with Gasteiger partial charge in [-0.05, 0) is 30.3 Å². The molecule has 6 heterocycles. The first-order valence-corrected chi connectivity index (χ1v) is 11.3. The van der Waals surface area contributed by atoms with Crippen LogP contribution in [0.25, 0.3) is 11.0 Å². The molecule has 184 valence electrons. The van der Waals surface area contributed by atoms with Crippen LogP contribution in [0.3, 0.4) is 0 Å². The number of pyridine rings is 2. The van der Waals surface area contributed by atoms with E-state index in [1.54, 1.807) is 9.42 Å². The van der Waals surface area contributed by atoms with Crippen LogP contribution in [0.4, 0.5) is 18.9 Å². The molecule has 1 unspecified atom stereocenters. The molecule has 0 aliphatic carbocycles. The summed E-state index contributed by atoms with van der Waals surface area (Å²) in [4.78, 5) is 24.9. The number of hydrogen-bond acceptors (Lipinski definition) is 5. The standard InChI is InChI=1S/C24H21F3N8O/c1-32(2)14-5-6-19-15(11-30-35(19)12-14)23(36)33-9-7-17-21(29-13-28-17)22(33)18-10-20-16(24(25,26)27)4-3-8-34(20)31-18/h3-6,8,10-13,22H,7,9H2,1-2H3,(H,28,29). The minimum Gasteiger partial charge on any atom is -0.376 e. The van der Waals surface area contributed by atoms with E-state index in [-0.39, 0.29) is 11.4 Å². The number of imidazole rings is 1. The number of H-pyrrole nitrogens is 1. The van der Waals surface area contributed by atoms with Crippen LogP contribution in [-0.2, 0) is 12.6 Å². The second kappa shape index (κ2) is 7.83. The van der Waals surface area contributed by atoms with Gasteiger partial charge in [-0.3, -0.25) is 4.79 Å². The van der Waals surface area contributed by atoms with E-state index in [1.807, 2.05) is 37.3 Å². The molecule has 1 aliphatic rings. The molecule has 6 rings (SSSR count). The Morgan fingerprint density at radius 1 is 1.17 bits per heavy atom. The topological polar surface area (TPSA) is 86.8 Å². The maximum Gasteiger partial charge on any atom is 0.418 e. The van der Waals surface area contributed by atoms with Gasteiger partial charge in [0.1, 0.15) is 6.04 Å². The molecule has 0 saturated heterocycles. The van der Waals surface area contributed by atoms with Crippen molar-refractivity contribution in [3.05, 3.63) is 83.5 Å². The van der Waals surface area contributed by atoms with E-state index in [9.17, 15) is 18.0 Å². The highest BCUT2D eigenvalue weighted by Crippen LogP contribution is 2.37. The Kier molecular flexibility index (Phi) is 4.82. The Morgan fingerprint density at radius 3 is 2.78 bits per heavy atom. The van der Waals surface area contributed by atoms with Crippen molar-refractivity contribution >= 4 is 22.6 Å². The Hall–Kier alpha value is -4.35. The van der Waals surface area contributed by atoms with Crippen molar-refractivity contribution in [2.75, 3.05) is 25.5 Å². The summed E-state index contributed by atoms with van der Waals surface area (Å²) in [5.74, 6) is -0.297. The van der Waals surface area contributed by atoms with Crippen LogP contribution in [0.5, 0.6) is 0 Å². The Balaban J connectivity index is 1.46. The summed E-state index contributed by atoms with van der Waals surface area (Å²) in [5.41, 5.74) is 2.77. The smallest absolute Gasteiger partial charge is 0.376 e. The number of fused-ring (bicyclic) bond motifs is 3. The molecule has 1 atom stereocenters. The maximum atomic E-state index is 13.9. The first kappa shape index (κ1) is 22.1. The Morgan fingerprint density at radius 2 is 2.00 bits per heavy atom. The van der Waals surface area contributed by atoms with E-state index in [4.69, 9.17) is 0 Å². The number of hydrogen-bond donors (Lipinski definition) is 1. The number of halogens is 3. The molecule has 0 spiro atoms. The van der Waals surface area contributed by atoms with Gasteiger partial charge in [-0.2, -0.15) is 23.4 Å². The van der Waals surface area contributed by atoms with Gasteiger partial charge in [0.05, 0.1) is 58.0 Å². The van der Waals surface area contributed by atoms with Crippen LogP contribution in [0, 0.1) is 0 Å².